The maximum Gasteiger partial charge on any atom is 0.238 e. The molecule has 4 heteroatoms. The molecule has 0 bridgehead atoms. The van der Waals surface area contributed by atoms with Gasteiger partial charge in [0.15, 0.2) is 0 Å². The van der Waals surface area contributed by atoms with E-state index in [0.717, 1.165) is 25.7 Å². The van der Waals surface area contributed by atoms with Crippen LogP contribution in [0.25, 0.3) is 0 Å². The fourth-order valence-corrected chi connectivity index (χ4v) is 2.44. The van der Waals surface area contributed by atoms with Crippen LogP contribution in [0, 0.1) is 17.2 Å². The van der Waals surface area contributed by atoms with Gasteiger partial charge in [-0.25, -0.2) is 0 Å². The van der Waals surface area contributed by atoms with Gasteiger partial charge in [0.2, 0.25) is 5.91 Å². The Labute approximate surface area is 104 Å². The Bertz CT molecular complexity index is 296. The molecule has 1 N–H and O–H groups in total. The molecule has 1 aliphatic rings. The van der Waals surface area contributed by atoms with Gasteiger partial charge in [-0.2, -0.15) is 5.26 Å². The van der Waals surface area contributed by atoms with E-state index in [1.165, 1.54) is 6.42 Å². The molecule has 1 aliphatic carbocycles. The monoisotopic (exact) mass is 237 g/mol. The number of nitrogens with zero attached hydrogens (tertiary/aromatic N) is 2. The van der Waals surface area contributed by atoms with Gasteiger partial charge in [-0.05, 0) is 19.8 Å². The van der Waals surface area contributed by atoms with Gasteiger partial charge >= 0.3 is 0 Å². The molecule has 17 heavy (non-hydrogen) atoms. The molecule has 0 radical (unpaired) electrons. The van der Waals surface area contributed by atoms with Crippen LogP contribution in [0.5, 0.6) is 0 Å². The van der Waals surface area contributed by atoms with E-state index in [-0.39, 0.29) is 23.9 Å². The Morgan fingerprint density at radius 2 is 2.00 bits per heavy atom. The highest BCUT2D eigenvalue weighted by atomic mass is 16.2. The molecule has 0 aromatic rings. The predicted molar refractivity (Wildman–Crippen MR) is 67.3 cm³/mol. The maximum atomic E-state index is 11.8. The topological polar surface area (TPSA) is 56.1 Å². The zero-order valence-electron chi connectivity index (χ0n) is 11.1. The Morgan fingerprint density at radius 3 is 2.59 bits per heavy atom. The standard InChI is InChI=1S/C13H23N3O/c1-10(13(17)16(2)3)15-12-8-6-4-5-7-11(12)9-14/h10-12,15H,4-8H2,1-3H3. The van der Waals surface area contributed by atoms with Gasteiger partial charge in [-0.15, -0.1) is 0 Å². The fraction of sp³-hybridized carbons (Fsp3) is 0.846. The minimum Gasteiger partial charge on any atom is -0.347 e. The van der Waals surface area contributed by atoms with Gasteiger partial charge in [-0.1, -0.05) is 19.3 Å². The molecule has 1 saturated carbocycles. The first-order valence-electron chi connectivity index (χ1n) is 6.43. The molecule has 0 aromatic carbocycles. The lowest BCUT2D eigenvalue weighted by Gasteiger charge is -2.26. The molecule has 1 amide bonds. The van der Waals surface area contributed by atoms with E-state index < -0.39 is 0 Å². The molecular formula is C13H23N3O. The van der Waals surface area contributed by atoms with Crippen molar-refractivity contribution in [3.8, 4) is 6.07 Å². The van der Waals surface area contributed by atoms with Crippen molar-refractivity contribution in [3.05, 3.63) is 0 Å². The van der Waals surface area contributed by atoms with Crippen LogP contribution in [0.15, 0.2) is 0 Å². The Morgan fingerprint density at radius 1 is 1.35 bits per heavy atom. The summed E-state index contributed by atoms with van der Waals surface area (Å²) in [4.78, 5) is 13.4. The third-order valence-corrected chi connectivity index (χ3v) is 3.46. The predicted octanol–water partition coefficient (Wildman–Crippen LogP) is 1.53. The van der Waals surface area contributed by atoms with Gasteiger partial charge < -0.3 is 10.2 Å². The third-order valence-electron chi connectivity index (χ3n) is 3.46. The average molecular weight is 237 g/mol. The second-order valence-electron chi connectivity index (χ2n) is 5.10. The number of hydrogen-bond acceptors (Lipinski definition) is 3. The maximum absolute atomic E-state index is 11.8. The molecule has 96 valence electrons. The van der Waals surface area contributed by atoms with Crippen LogP contribution < -0.4 is 5.32 Å². The lowest BCUT2D eigenvalue weighted by Crippen LogP contribution is -2.48. The van der Waals surface area contributed by atoms with Crippen LogP contribution in [0.3, 0.4) is 0 Å². The van der Waals surface area contributed by atoms with E-state index in [1.807, 2.05) is 6.92 Å². The van der Waals surface area contributed by atoms with Crippen LogP contribution in [0.1, 0.15) is 39.0 Å². The van der Waals surface area contributed by atoms with E-state index in [1.54, 1.807) is 19.0 Å². The summed E-state index contributed by atoms with van der Waals surface area (Å²) in [6.07, 6.45) is 5.44. The summed E-state index contributed by atoms with van der Waals surface area (Å²) in [7, 11) is 3.52. The molecule has 0 aliphatic heterocycles. The summed E-state index contributed by atoms with van der Waals surface area (Å²) in [5, 5.41) is 12.5. The highest BCUT2D eigenvalue weighted by molar-refractivity contribution is 5.80. The summed E-state index contributed by atoms with van der Waals surface area (Å²) >= 11 is 0. The number of carbonyl (C=O) groups excluding carboxylic acids is 1. The second-order valence-corrected chi connectivity index (χ2v) is 5.10. The van der Waals surface area contributed by atoms with Crippen LogP contribution in [-0.4, -0.2) is 37.0 Å². The minimum absolute atomic E-state index is 0.0508. The molecule has 0 heterocycles. The first-order chi connectivity index (χ1) is 8.06. The SMILES string of the molecule is CC(NC1CCCCCC1C#N)C(=O)N(C)C. The number of nitrogens with one attached hydrogen (secondary N) is 1. The zero-order valence-corrected chi connectivity index (χ0v) is 11.1. The highest BCUT2D eigenvalue weighted by Gasteiger charge is 2.26. The van der Waals surface area contributed by atoms with Crippen molar-refractivity contribution < 1.29 is 4.79 Å². The van der Waals surface area contributed by atoms with Crippen LogP contribution in [0.4, 0.5) is 0 Å². The molecular weight excluding hydrogens is 214 g/mol. The third kappa shape index (κ3) is 4.01. The Balaban J connectivity index is 2.58. The van der Waals surface area contributed by atoms with E-state index in [9.17, 15) is 4.79 Å². The molecule has 3 unspecified atom stereocenters. The van der Waals surface area contributed by atoms with E-state index in [4.69, 9.17) is 5.26 Å². The average Bonchev–Trinajstić information content (AvgIpc) is 2.52. The quantitative estimate of drug-likeness (QED) is 0.757. The molecule has 1 fully saturated rings. The van der Waals surface area contributed by atoms with Crippen LogP contribution in [-0.2, 0) is 4.79 Å². The van der Waals surface area contributed by atoms with Crippen LogP contribution >= 0.6 is 0 Å². The molecule has 3 atom stereocenters. The number of likely N-dealkylation sites (N-methyl/N-ethyl adjacent to an activating group) is 1. The van der Waals surface area contributed by atoms with E-state index in [2.05, 4.69) is 11.4 Å². The number of carbonyl (C=O) groups is 1. The highest BCUT2D eigenvalue weighted by Crippen LogP contribution is 2.23. The van der Waals surface area contributed by atoms with Gasteiger partial charge in [-0.3, -0.25) is 4.79 Å². The Hall–Kier alpha value is -1.08. The van der Waals surface area contributed by atoms with Crippen molar-refractivity contribution in [2.75, 3.05) is 14.1 Å². The summed E-state index contributed by atoms with van der Waals surface area (Å²) in [6, 6.07) is 2.34. The van der Waals surface area contributed by atoms with Crippen molar-refractivity contribution in [1.29, 1.82) is 5.26 Å². The molecule has 0 aromatic heterocycles. The summed E-state index contributed by atoms with van der Waals surface area (Å²) in [6.45, 7) is 1.88. The first kappa shape index (κ1) is 14.0. The van der Waals surface area contributed by atoms with Gasteiger partial charge in [0, 0.05) is 20.1 Å². The molecule has 0 spiro atoms. The largest absolute Gasteiger partial charge is 0.347 e. The van der Waals surface area contributed by atoms with Crippen molar-refractivity contribution in [3.63, 3.8) is 0 Å². The molecule has 4 nitrogen and oxygen atoms in total. The van der Waals surface area contributed by atoms with Crippen molar-refractivity contribution in [2.24, 2.45) is 5.92 Å². The normalized spacial score (nSPS) is 26.7. The number of nitriles is 1. The Kier molecular flexibility index (Phi) is 5.43. The summed E-state index contributed by atoms with van der Waals surface area (Å²) < 4.78 is 0. The second kappa shape index (κ2) is 6.61. The fourth-order valence-electron chi connectivity index (χ4n) is 2.44. The lowest BCUT2D eigenvalue weighted by atomic mass is 9.95. The molecule has 0 saturated heterocycles. The van der Waals surface area contributed by atoms with E-state index >= 15 is 0 Å². The van der Waals surface area contributed by atoms with E-state index in [0.29, 0.717) is 0 Å². The van der Waals surface area contributed by atoms with Crippen molar-refractivity contribution >= 4 is 5.91 Å². The molecule has 1 rings (SSSR count). The number of rotatable bonds is 3. The lowest BCUT2D eigenvalue weighted by molar-refractivity contribution is -0.130. The smallest absolute Gasteiger partial charge is 0.238 e. The summed E-state index contributed by atoms with van der Waals surface area (Å²) in [5.41, 5.74) is 0. The number of hydrogen-bond donors (Lipinski definition) is 1. The minimum atomic E-state index is -0.205. The number of amides is 1. The van der Waals surface area contributed by atoms with Crippen molar-refractivity contribution in [1.82, 2.24) is 10.2 Å². The summed E-state index contributed by atoms with van der Waals surface area (Å²) in [5.74, 6) is 0.126. The van der Waals surface area contributed by atoms with Crippen molar-refractivity contribution in [2.45, 2.75) is 51.1 Å². The zero-order chi connectivity index (χ0) is 12.8. The van der Waals surface area contributed by atoms with Gasteiger partial charge in [0.1, 0.15) is 0 Å². The van der Waals surface area contributed by atoms with Gasteiger partial charge in [0.05, 0.1) is 18.0 Å². The van der Waals surface area contributed by atoms with Crippen LogP contribution in [0.2, 0.25) is 0 Å². The first-order valence-corrected chi connectivity index (χ1v) is 6.43. The van der Waals surface area contributed by atoms with Gasteiger partial charge in [0.25, 0.3) is 0 Å².